The molecule has 124 valence electrons. The summed E-state index contributed by atoms with van der Waals surface area (Å²) >= 11 is 0. The maximum Gasteiger partial charge on any atom is 0.189 e. The number of nitrogens with one attached hydrogen (secondary N) is 1. The highest BCUT2D eigenvalue weighted by Gasteiger charge is 2.12. The van der Waals surface area contributed by atoms with Crippen molar-refractivity contribution >= 4 is 35.8 Å². The molecular weight excluding hydrogens is 389 g/mol. The SMILES string of the molecule is CN(C)c1cccc(CN=C(N)NC2CCCCCC2)n1.I. The van der Waals surface area contributed by atoms with E-state index in [9.17, 15) is 0 Å². The average Bonchev–Trinajstić information content (AvgIpc) is 2.74. The molecule has 5 nitrogen and oxygen atoms in total. The molecule has 1 aliphatic rings. The van der Waals surface area contributed by atoms with Gasteiger partial charge in [-0.2, -0.15) is 0 Å². The zero-order valence-electron chi connectivity index (χ0n) is 13.6. The van der Waals surface area contributed by atoms with Gasteiger partial charge in [-0.15, -0.1) is 24.0 Å². The van der Waals surface area contributed by atoms with Gasteiger partial charge in [0.2, 0.25) is 0 Å². The maximum atomic E-state index is 6.00. The first-order valence-corrected chi connectivity index (χ1v) is 7.85. The molecule has 0 spiro atoms. The molecule has 0 unspecified atom stereocenters. The van der Waals surface area contributed by atoms with Crippen molar-refractivity contribution in [3.63, 3.8) is 0 Å². The van der Waals surface area contributed by atoms with Crippen LogP contribution in [0.2, 0.25) is 0 Å². The van der Waals surface area contributed by atoms with Crippen LogP contribution in [-0.2, 0) is 6.54 Å². The summed E-state index contributed by atoms with van der Waals surface area (Å²) in [6.07, 6.45) is 7.66. The molecule has 2 rings (SSSR count). The van der Waals surface area contributed by atoms with Gasteiger partial charge in [0.15, 0.2) is 5.96 Å². The van der Waals surface area contributed by atoms with Crippen molar-refractivity contribution < 1.29 is 0 Å². The van der Waals surface area contributed by atoms with Gasteiger partial charge in [0.25, 0.3) is 0 Å². The first kappa shape index (κ1) is 19.0. The zero-order chi connectivity index (χ0) is 15.1. The van der Waals surface area contributed by atoms with Crippen molar-refractivity contribution in [1.82, 2.24) is 10.3 Å². The number of nitrogens with zero attached hydrogens (tertiary/aromatic N) is 3. The molecule has 1 fully saturated rings. The molecule has 1 heterocycles. The number of halogens is 1. The van der Waals surface area contributed by atoms with Crippen LogP contribution in [0.5, 0.6) is 0 Å². The van der Waals surface area contributed by atoms with Crippen LogP contribution in [0.4, 0.5) is 5.82 Å². The Morgan fingerprint density at radius 3 is 2.59 bits per heavy atom. The Morgan fingerprint density at radius 1 is 1.27 bits per heavy atom. The molecule has 0 bridgehead atoms. The fourth-order valence-electron chi connectivity index (χ4n) is 2.65. The van der Waals surface area contributed by atoms with E-state index in [0.29, 0.717) is 18.5 Å². The molecule has 3 N–H and O–H groups in total. The highest BCUT2D eigenvalue weighted by molar-refractivity contribution is 14.0. The van der Waals surface area contributed by atoms with E-state index in [2.05, 4.69) is 15.3 Å². The van der Waals surface area contributed by atoms with Gasteiger partial charge in [0.05, 0.1) is 12.2 Å². The van der Waals surface area contributed by atoms with Gasteiger partial charge in [-0.25, -0.2) is 9.98 Å². The van der Waals surface area contributed by atoms with Crippen LogP contribution < -0.4 is 16.0 Å². The lowest BCUT2D eigenvalue weighted by atomic mass is 10.1. The summed E-state index contributed by atoms with van der Waals surface area (Å²) in [4.78, 5) is 10.9. The lowest BCUT2D eigenvalue weighted by molar-refractivity contribution is 0.530. The predicted octanol–water partition coefficient (Wildman–Crippen LogP) is 2.89. The van der Waals surface area contributed by atoms with Gasteiger partial charge < -0.3 is 16.0 Å². The number of pyridine rings is 1. The second-order valence-electron chi connectivity index (χ2n) is 5.92. The second-order valence-corrected chi connectivity index (χ2v) is 5.92. The number of aromatic nitrogens is 1. The lowest BCUT2D eigenvalue weighted by Gasteiger charge is -2.16. The van der Waals surface area contributed by atoms with Crippen molar-refractivity contribution in [2.24, 2.45) is 10.7 Å². The number of nitrogens with two attached hydrogens (primary N) is 1. The van der Waals surface area contributed by atoms with Crippen molar-refractivity contribution in [2.45, 2.75) is 51.1 Å². The molecule has 0 aromatic carbocycles. The van der Waals surface area contributed by atoms with Crippen LogP contribution >= 0.6 is 24.0 Å². The molecule has 22 heavy (non-hydrogen) atoms. The van der Waals surface area contributed by atoms with Crippen LogP contribution in [0.1, 0.15) is 44.2 Å². The van der Waals surface area contributed by atoms with Gasteiger partial charge in [-0.1, -0.05) is 31.7 Å². The summed E-state index contributed by atoms with van der Waals surface area (Å²) in [5.41, 5.74) is 6.94. The summed E-state index contributed by atoms with van der Waals surface area (Å²) in [5.74, 6) is 1.48. The first-order valence-electron chi connectivity index (χ1n) is 7.85. The summed E-state index contributed by atoms with van der Waals surface area (Å²) in [6, 6.07) is 6.45. The van der Waals surface area contributed by atoms with E-state index in [4.69, 9.17) is 5.73 Å². The molecule has 0 saturated heterocycles. The molecule has 6 heteroatoms. The number of guanidine groups is 1. The van der Waals surface area contributed by atoms with E-state index in [0.717, 1.165) is 11.5 Å². The topological polar surface area (TPSA) is 66.5 Å². The van der Waals surface area contributed by atoms with E-state index < -0.39 is 0 Å². The van der Waals surface area contributed by atoms with Gasteiger partial charge >= 0.3 is 0 Å². The van der Waals surface area contributed by atoms with Crippen molar-refractivity contribution in [1.29, 1.82) is 0 Å². The highest BCUT2D eigenvalue weighted by Crippen LogP contribution is 2.17. The van der Waals surface area contributed by atoms with Gasteiger partial charge in [-0.3, -0.25) is 0 Å². The maximum absolute atomic E-state index is 6.00. The Bertz CT molecular complexity index is 467. The fraction of sp³-hybridized carbons (Fsp3) is 0.625. The van der Waals surface area contributed by atoms with E-state index in [1.807, 2.05) is 37.2 Å². The molecule has 1 saturated carbocycles. The van der Waals surface area contributed by atoms with Crippen molar-refractivity contribution in [3.05, 3.63) is 23.9 Å². The minimum atomic E-state index is 0. The Morgan fingerprint density at radius 2 is 1.95 bits per heavy atom. The summed E-state index contributed by atoms with van der Waals surface area (Å²) < 4.78 is 0. The predicted molar refractivity (Wildman–Crippen MR) is 104 cm³/mol. The van der Waals surface area contributed by atoms with Crippen molar-refractivity contribution in [2.75, 3.05) is 19.0 Å². The molecule has 1 aromatic heterocycles. The van der Waals surface area contributed by atoms with Crippen LogP contribution in [0.15, 0.2) is 23.2 Å². The van der Waals surface area contributed by atoms with E-state index >= 15 is 0 Å². The first-order chi connectivity index (χ1) is 10.1. The minimum absolute atomic E-state index is 0. The Kier molecular flexibility index (Phi) is 8.52. The lowest BCUT2D eigenvalue weighted by Crippen LogP contribution is -2.39. The van der Waals surface area contributed by atoms with Gasteiger partial charge in [0.1, 0.15) is 5.82 Å². The third-order valence-corrected chi connectivity index (χ3v) is 3.87. The minimum Gasteiger partial charge on any atom is -0.370 e. The molecular formula is C16H28IN5. The molecule has 1 aromatic rings. The Labute approximate surface area is 150 Å². The third kappa shape index (κ3) is 6.37. The van der Waals surface area contributed by atoms with Crippen LogP contribution in [-0.4, -0.2) is 31.1 Å². The number of rotatable bonds is 4. The second kappa shape index (κ2) is 9.86. The smallest absolute Gasteiger partial charge is 0.189 e. The summed E-state index contributed by atoms with van der Waals surface area (Å²) in [5, 5.41) is 3.36. The normalized spacial score (nSPS) is 16.5. The quantitative estimate of drug-likeness (QED) is 0.342. The highest BCUT2D eigenvalue weighted by atomic mass is 127. The molecule has 0 aliphatic heterocycles. The van der Waals surface area contributed by atoms with Crippen molar-refractivity contribution in [3.8, 4) is 0 Å². The Hall–Kier alpha value is -1.05. The fourth-order valence-corrected chi connectivity index (χ4v) is 2.65. The molecule has 0 amide bonds. The summed E-state index contributed by atoms with van der Waals surface area (Å²) in [6.45, 7) is 0.521. The number of anilines is 1. The molecule has 1 aliphatic carbocycles. The molecule has 0 atom stereocenters. The van der Waals surface area contributed by atoms with Gasteiger partial charge in [-0.05, 0) is 25.0 Å². The molecule has 0 radical (unpaired) electrons. The van der Waals surface area contributed by atoms with Crippen LogP contribution in [0.3, 0.4) is 0 Å². The number of hydrogen-bond acceptors (Lipinski definition) is 3. The standard InChI is InChI=1S/C16H27N5.HI/c1-21(2)15-11-7-10-14(19-15)12-18-16(17)20-13-8-5-3-4-6-9-13;/h7,10-11,13H,3-6,8-9,12H2,1-2H3,(H3,17,18,20);1H. The number of hydrogen-bond donors (Lipinski definition) is 2. The average molecular weight is 417 g/mol. The van der Waals surface area contributed by atoms with E-state index in [-0.39, 0.29) is 24.0 Å². The van der Waals surface area contributed by atoms with Crippen LogP contribution in [0, 0.1) is 0 Å². The third-order valence-electron chi connectivity index (χ3n) is 3.87. The van der Waals surface area contributed by atoms with E-state index in [1.54, 1.807) is 0 Å². The zero-order valence-corrected chi connectivity index (χ0v) is 15.9. The largest absolute Gasteiger partial charge is 0.370 e. The Balaban J connectivity index is 0.00000242. The summed E-state index contributed by atoms with van der Waals surface area (Å²) in [7, 11) is 3.97. The number of aliphatic imine (C=N–C) groups is 1. The van der Waals surface area contributed by atoms with Gasteiger partial charge in [0, 0.05) is 20.1 Å². The van der Waals surface area contributed by atoms with Crippen LogP contribution in [0.25, 0.3) is 0 Å². The monoisotopic (exact) mass is 417 g/mol. The van der Waals surface area contributed by atoms with E-state index in [1.165, 1.54) is 38.5 Å².